The Bertz CT molecular complexity index is 3770. The largest absolute Gasteiger partial charge is 0.310 e. The van der Waals surface area contributed by atoms with E-state index in [1.54, 1.807) is 0 Å². The maximum atomic E-state index is 5.41. The summed E-state index contributed by atoms with van der Waals surface area (Å²) in [6, 6.07) is 80.7. The van der Waals surface area contributed by atoms with Gasteiger partial charge in [0.05, 0.1) is 44.8 Å². The number of hydrogen-bond donors (Lipinski definition) is 0. The summed E-state index contributed by atoms with van der Waals surface area (Å²) in [5.41, 5.74) is 22.6. The first-order valence-corrected chi connectivity index (χ1v) is 27.6. The molecule has 0 saturated carbocycles. The first kappa shape index (κ1) is 48.4. The summed E-state index contributed by atoms with van der Waals surface area (Å²) in [6.07, 6.45) is 11.9. The average molecular weight is 986 g/mol. The summed E-state index contributed by atoms with van der Waals surface area (Å²) in [4.78, 5) is 23.4. The van der Waals surface area contributed by atoms with Crippen molar-refractivity contribution >= 4 is 39.1 Å². The smallest absolute Gasteiger partial charge is 0.0973 e. The van der Waals surface area contributed by atoms with Crippen LogP contribution in [-0.4, -0.2) is 19.9 Å². The van der Waals surface area contributed by atoms with E-state index in [-0.39, 0.29) is 5.41 Å². The van der Waals surface area contributed by atoms with E-state index in [4.69, 9.17) is 19.9 Å². The second-order valence-corrected chi connectivity index (χ2v) is 20.5. The molecule has 0 atom stereocenters. The van der Waals surface area contributed by atoms with Crippen molar-refractivity contribution < 1.29 is 0 Å². The summed E-state index contributed by atoms with van der Waals surface area (Å²) in [5.74, 6) is 0. The van der Waals surface area contributed by atoms with Crippen LogP contribution in [-0.2, 0) is 5.41 Å². The molecule has 2 aromatic heterocycles. The second kappa shape index (κ2) is 21.7. The number of nitrogens with zero attached hydrogens (tertiary/aromatic N) is 5. The van der Waals surface area contributed by atoms with Crippen LogP contribution in [0, 0.1) is 0 Å². The van der Waals surface area contributed by atoms with Crippen molar-refractivity contribution in [1.29, 1.82) is 0 Å². The highest BCUT2D eigenvalue weighted by atomic mass is 15.1. The zero-order chi connectivity index (χ0) is 51.3. The number of aromatic nitrogens is 4. The lowest BCUT2D eigenvalue weighted by atomic mass is 9.70. The Morgan fingerprint density at radius 1 is 0.303 bits per heavy atom. The van der Waals surface area contributed by atoms with Crippen LogP contribution in [0.2, 0.25) is 0 Å². The molecule has 11 aromatic rings. The van der Waals surface area contributed by atoms with Crippen molar-refractivity contribution in [3.05, 3.63) is 236 Å². The minimum atomic E-state index is -0.173. The summed E-state index contributed by atoms with van der Waals surface area (Å²) in [6.45, 7) is 4.64. The molecule has 9 aromatic carbocycles. The molecule has 0 N–H and O–H groups in total. The molecule has 0 spiro atoms. The fraction of sp³-hybridized carbons (Fsp3) is 0.183. The Hall–Kier alpha value is -8.54. The summed E-state index contributed by atoms with van der Waals surface area (Å²) in [7, 11) is 0. The van der Waals surface area contributed by atoms with Gasteiger partial charge in [-0.2, -0.15) is 0 Å². The number of para-hydroxylation sites is 5. The molecule has 372 valence electrons. The first-order chi connectivity index (χ1) is 37.6. The molecule has 1 aliphatic carbocycles. The van der Waals surface area contributed by atoms with Gasteiger partial charge in [-0.05, 0) is 113 Å². The van der Waals surface area contributed by atoms with E-state index < -0.39 is 0 Å². The van der Waals surface area contributed by atoms with Gasteiger partial charge in [-0.3, -0.25) is 0 Å². The molecule has 76 heavy (non-hydrogen) atoms. The molecule has 5 nitrogen and oxygen atoms in total. The van der Waals surface area contributed by atoms with Crippen molar-refractivity contribution in [1.82, 2.24) is 19.9 Å². The lowest BCUT2D eigenvalue weighted by molar-refractivity contribution is 0.401. The van der Waals surface area contributed by atoms with Gasteiger partial charge in [0.15, 0.2) is 0 Å². The number of anilines is 3. The quantitative estimate of drug-likeness (QED) is 0.0802. The highest BCUT2D eigenvalue weighted by Gasteiger charge is 2.43. The van der Waals surface area contributed by atoms with Gasteiger partial charge >= 0.3 is 0 Å². The molecule has 0 aliphatic heterocycles. The fourth-order valence-corrected chi connectivity index (χ4v) is 11.8. The summed E-state index contributed by atoms with van der Waals surface area (Å²) >= 11 is 0. The van der Waals surface area contributed by atoms with Gasteiger partial charge in [0.25, 0.3) is 0 Å². The predicted octanol–water partition coefficient (Wildman–Crippen LogP) is 19.6. The number of unbranched alkanes of at least 4 members (excludes halogenated alkanes) is 6. The third-order valence-electron chi connectivity index (χ3n) is 15.7. The van der Waals surface area contributed by atoms with E-state index >= 15 is 0 Å². The van der Waals surface area contributed by atoms with E-state index in [1.165, 1.54) is 79.3 Å². The molecular formula is C71H63N5. The van der Waals surface area contributed by atoms with Crippen molar-refractivity contribution in [2.45, 2.75) is 83.5 Å². The average Bonchev–Trinajstić information content (AvgIpc) is 3.79. The molecule has 2 heterocycles. The molecule has 0 amide bonds. The third kappa shape index (κ3) is 9.47. The maximum absolute atomic E-state index is 5.41. The van der Waals surface area contributed by atoms with Crippen molar-refractivity contribution in [2.75, 3.05) is 4.90 Å². The van der Waals surface area contributed by atoms with Crippen LogP contribution in [0.4, 0.5) is 17.1 Å². The minimum Gasteiger partial charge on any atom is -0.310 e. The Balaban J connectivity index is 0.936. The summed E-state index contributed by atoms with van der Waals surface area (Å²) < 4.78 is 0. The van der Waals surface area contributed by atoms with E-state index in [9.17, 15) is 0 Å². The normalized spacial score (nSPS) is 12.4. The van der Waals surface area contributed by atoms with Gasteiger partial charge in [-0.1, -0.05) is 223 Å². The molecule has 5 heteroatoms. The van der Waals surface area contributed by atoms with Crippen molar-refractivity contribution in [3.63, 3.8) is 0 Å². The Labute approximate surface area is 448 Å². The number of hydrogen-bond acceptors (Lipinski definition) is 5. The highest BCUT2D eigenvalue weighted by Crippen LogP contribution is 2.57. The van der Waals surface area contributed by atoms with Crippen LogP contribution < -0.4 is 4.90 Å². The van der Waals surface area contributed by atoms with Gasteiger partial charge in [0.2, 0.25) is 0 Å². The monoisotopic (exact) mass is 986 g/mol. The van der Waals surface area contributed by atoms with Crippen LogP contribution in [0.15, 0.2) is 224 Å². The molecule has 0 bridgehead atoms. The zero-order valence-corrected chi connectivity index (χ0v) is 43.7. The second-order valence-electron chi connectivity index (χ2n) is 20.5. The molecule has 0 unspecified atom stereocenters. The number of rotatable bonds is 18. The highest BCUT2D eigenvalue weighted by molar-refractivity contribution is 5.92. The standard InChI is InChI=1S/C71H63N5/c1-3-5-7-22-46-71(47-23-8-6-4-2)61-48-55(70-68(53-26-14-10-15-27-53)73-65-32-20-21-33-66(65)75-70)40-44-59(61)60-45-43-58(49-62(60)71)76(56-28-16-11-17-29-56)57-41-38-51(39-42-57)50-34-36-54(37-35-50)69-67(52-24-12-9-13-25-52)72-63-30-18-19-31-64(63)74-69/h9-21,24-45,48-49H,3-8,22-23,46-47H2,1-2H3. The molecule has 0 saturated heterocycles. The van der Waals surface area contributed by atoms with Gasteiger partial charge in [-0.15, -0.1) is 0 Å². The summed E-state index contributed by atoms with van der Waals surface area (Å²) in [5, 5.41) is 0. The Kier molecular flexibility index (Phi) is 13.8. The minimum absolute atomic E-state index is 0.173. The van der Waals surface area contributed by atoms with E-state index in [2.05, 4.69) is 213 Å². The van der Waals surface area contributed by atoms with Crippen LogP contribution in [0.25, 0.3) is 89.4 Å². The predicted molar refractivity (Wildman–Crippen MR) is 318 cm³/mol. The third-order valence-corrected chi connectivity index (χ3v) is 15.7. The molecule has 1 aliphatic rings. The van der Waals surface area contributed by atoms with Gasteiger partial charge in [0, 0.05) is 44.7 Å². The topological polar surface area (TPSA) is 54.8 Å². The Morgan fingerprint density at radius 2 is 0.658 bits per heavy atom. The first-order valence-electron chi connectivity index (χ1n) is 27.6. The lowest BCUT2D eigenvalue weighted by Crippen LogP contribution is -2.26. The van der Waals surface area contributed by atoms with Crippen LogP contribution in [0.3, 0.4) is 0 Å². The zero-order valence-electron chi connectivity index (χ0n) is 43.7. The molecule has 12 rings (SSSR count). The Morgan fingerprint density at radius 3 is 1.14 bits per heavy atom. The van der Waals surface area contributed by atoms with Gasteiger partial charge < -0.3 is 4.90 Å². The van der Waals surface area contributed by atoms with E-state index in [0.717, 1.165) is 102 Å². The SMILES string of the molecule is CCCCCCC1(CCCCCC)c2cc(-c3nc4ccccc4nc3-c3ccccc3)ccc2-c2ccc(N(c3ccccc3)c3ccc(-c4ccc(-c5nc6ccccc6nc5-c5ccccc5)cc4)cc3)cc21. The van der Waals surface area contributed by atoms with Crippen molar-refractivity contribution in [2.24, 2.45) is 0 Å². The van der Waals surface area contributed by atoms with Crippen molar-refractivity contribution in [3.8, 4) is 67.3 Å². The fourth-order valence-electron chi connectivity index (χ4n) is 11.8. The maximum Gasteiger partial charge on any atom is 0.0973 e. The lowest BCUT2D eigenvalue weighted by Gasteiger charge is -2.34. The molecule has 0 radical (unpaired) electrons. The van der Waals surface area contributed by atoms with Gasteiger partial charge in [-0.25, -0.2) is 19.9 Å². The van der Waals surface area contributed by atoms with E-state index in [0.29, 0.717) is 0 Å². The number of fused-ring (bicyclic) bond motifs is 5. The van der Waals surface area contributed by atoms with E-state index in [1.807, 2.05) is 30.3 Å². The van der Waals surface area contributed by atoms with Crippen LogP contribution >= 0.6 is 0 Å². The molecular weight excluding hydrogens is 923 g/mol. The number of benzene rings is 9. The van der Waals surface area contributed by atoms with Crippen LogP contribution in [0.5, 0.6) is 0 Å². The van der Waals surface area contributed by atoms with Crippen LogP contribution in [0.1, 0.15) is 89.2 Å². The van der Waals surface area contributed by atoms with Gasteiger partial charge in [0.1, 0.15) is 0 Å². The molecule has 0 fully saturated rings.